The lowest BCUT2D eigenvalue weighted by Gasteiger charge is -2.32. The maximum atomic E-state index is 5.89. The molecule has 3 fully saturated rings. The van der Waals surface area contributed by atoms with E-state index in [-0.39, 0.29) is 0 Å². The second kappa shape index (κ2) is 5.76. The van der Waals surface area contributed by atoms with E-state index in [9.17, 15) is 0 Å². The van der Waals surface area contributed by atoms with Gasteiger partial charge in [-0.1, -0.05) is 6.42 Å². The van der Waals surface area contributed by atoms with Gasteiger partial charge in [0.1, 0.15) is 12.1 Å². The predicted octanol–water partition coefficient (Wildman–Crippen LogP) is 0.763. The highest BCUT2D eigenvalue weighted by Crippen LogP contribution is 2.35. The lowest BCUT2D eigenvalue weighted by molar-refractivity contribution is 0.345. The predicted molar refractivity (Wildman–Crippen MR) is 86.4 cm³/mol. The van der Waals surface area contributed by atoms with Crippen LogP contribution < -0.4 is 21.5 Å². The highest BCUT2D eigenvalue weighted by atomic mass is 15.4. The van der Waals surface area contributed by atoms with Crippen molar-refractivity contribution in [2.45, 2.75) is 56.1 Å². The molecule has 2 heterocycles. The van der Waals surface area contributed by atoms with E-state index in [2.05, 4.69) is 38.8 Å². The number of nitrogens with one attached hydrogen (secondary N) is 2. The molecule has 0 spiro atoms. The minimum Gasteiger partial charge on any atom is -0.358 e. The molecule has 2 aliphatic carbocycles. The molecule has 4 N–H and O–H groups in total. The van der Waals surface area contributed by atoms with Gasteiger partial charge in [0.15, 0.2) is 0 Å². The van der Waals surface area contributed by atoms with Crippen LogP contribution in [0.2, 0.25) is 0 Å². The van der Waals surface area contributed by atoms with Gasteiger partial charge in [-0.15, -0.1) is 0 Å². The largest absolute Gasteiger partial charge is 0.358 e. The summed E-state index contributed by atoms with van der Waals surface area (Å²) in [5.74, 6) is 2.30. The molecule has 4 rings (SSSR count). The molecule has 0 bridgehead atoms. The minimum absolute atomic E-state index is 0.356. The Morgan fingerprint density at radius 1 is 1.27 bits per heavy atom. The van der Waals surface area contributed by atoms with Crippen molar-refractivity contribution in [3.8, 4) is 0 Å². The zero-order chi connectivity index (χ0) is 15.1. The Bertz CT molecular complexity index is 529. The summed E-state index contributed by atoms with van der Waals surface area (Å²) in [4.78, 5) is 11.2. The Morgan fingerprint density at radius 3 is 2.95 bits per heavy atom. The molecule has 6 heteroatoms. The summed E-state index contributed by atoms with van der Waals surface area (Å²) in [6, 6.07) is 3.67. The zero-order valence-electron chi connectivity index (χ0n) is 13.2. The van der Waals surface area contributed by atoms with Crippen LogP contribution in [-0.4, -0.2) is 41.7 Å². The Kier molecular flexibility index (Phi) is 3.76. The van der Waals surface area contributed by atoms with Crippen LogP contribution in [0.15, 0.2) is 12.4 Å². The molecule has 0 amide bonds. The molecule has 1 aliphatic heterocycles. The number of hydrogen-bond acceptors (Lipinski definition) is 6. The zero-order valence-corrected chi connectivity index (χ0v) is 13.2. The summed E-state index contributed by atoms with van der Waals surface area (Å²) in [7, 11) is 2.13. The third kappa shape index (κ3) is 2.59. The molecule has 22 heavy (non-hydrogen) atoms. The highest BCUT2D eigenvalue weighted by Gasteiger charge is 2.39. The molecular weight excluding hydrogens is 276 g/mol. The van der Waals surface area contributed by atoms with E-state index in [1.807, 2.05) is 0 Å². The normalized spacial score (nSPS) is 36.9. The van der Waals surface area contributed by atoms with E-state index in [1.165, 1.54) is 19.3 Å². The van der Waals surface area contributed by atoms with Crippen LogP contribution in [-0.2, 0) is 0 Å². The molecule has 6 nitrogen and oxygen atoms in total. The summed E-state index contributed by atoms with van der Waals surface area (Å²) in [6.45, 7) is 0.981. The summed E-state index contributed by atoms with van der Waals surface area (Å²) in [5.41, 5.74) is 14.0. The van der Waals surface area contributed by atoms with Gasteiger partial charge in [-0.2, -0.15) is 0 Å². The summed E-state index contributed by atoms with van der Waals surface area (Å²) in [5, 5.41) is 0. The quantitative estimate of drug-likeness (QED) is 0.762. The van der Waals surface area contributed by atoms with Gasteiger partial charge < -0.3 is 10.6 Å². The van der Waals surface area contributed by atoms with Crippen LogP contribution >= 0.6 is 0 Å². The van der Waals surface area contributed by atoms with E-state index in [0.717, 1.165) is 36.8 Å². The second-order valence-electron chi connectivity index (χ2n) is 7.21. The van der Waals surface area contributed by atoms with Crippen LogP contribution in [0.5, 0.6) is 0 Å². The van der Waals surface area contributed by atoms with Gasteiger partial charge in [0.25, 0.3) is 0 Å². The van der Waals surface area contributed by atoms with Crippen molar-refractivity contribution >= 4 is 5.82 Å². The molecule has 1 aromatic rings. The van der Waals surface area contributed by atoms with Gasteiger partial charge in [-0.3, -0.25) is 10.9 Å². The number of fused-ring (bicyclic) bond motifs is 1. The van der Waals surface area contributed by atoms with Crippen LogP contribution in [0.4, 0.5) is 5.82 Å². The monoisotopic (exact) mass is 302 g/mol. The van der Waals surface area contributed by atoms with E-state index in [4.69, 9.17) is 5.73 Å². The van der Waals surface area contributed by atoms with Gasteiger partial charge >= 0.3 is 0 Å². The lowest BCUT2D eigenvalue weighted by atomic mass is 9.78. The summed E-state index contributed by atoms with van der Waals surface area (Å²) >= 11 is 0. The number of aromatic nitrogens is 2. The molecule has 1 aromatic heterocycles. The lowest BCUT2D eigenvalue weighted by Crippen LogP contribution is -2.41. The molecule has 3 aliphatic rings. The SMILES string of the molecule is CN(CC1NNC2CCCC21)c1cc(C2CC(N)C2)ncn1. The van der Waals surface area contributed by atoms with E-state index >= 15 is 0 Å². The Hall–Kier alpha value is -1.24. The standard InChI is InChI=1S/C16H26N6/c1-22(8-15-12-3-2-4-13(12)20-21-15)16-7-14(18-9-19-16)10-5-11(17)6-10/h7,9-13,15,20-21H,2-6,8,17H2,1H3. The number of rotatable bonds is 4. The van der Waals surface area contributed by atoms with Gasteiger partial charge in [0.05, 0.1) is 0 Å². The van der Waals surface area contributed by atoms with Crippen molar-refractivity contribution < 1.29 is 0 Å². The average molecular weight is 302 g/mol. The van der Waals surface area contributed by atoms with Crippen molar-refractivity contribution in [1.82, 2.24) is 20.8 Å². The summed E-state index contributed by atoms with van der Waals surface area (Å²) < 4.78 is 0. The molecule has 3 unspecified atom stereocenters. The average Bonchev–Trinajstić information content (AvgIpc) is 3.09. The molecule has 0 aromatic carbocycles. The third-order valence-corrected chi connectivity index (χ3v) is 5.67. The fourth-order valence-corrected chi connectivity index (χ4v) is 4.24. The van der Waals surface area contributed by atoms with Crippen molar-refractivity contribution in [1.29, 1.82) is 0 Å². The minimum atomic E-state index is 0.356. The van der Waals surface area contributed by atoms with Gasteiger partial charge in [0, 0.05) is 49.4 Å². The second-order valence-corrected chi connectivity index (χ2v) is 7.21. The number of nitrogens with two attached hydrogens (primary N) is 1. The summed E-state index contributed by atoms with van der Waals surface area (Å²) in [6.07, 6.45) is 7.79. The smallest absolute Gasteiger partial charge is 0.131 e. The van der Waals surface area contributed by atoms with Crippen LogP contribution in [0.25, 0.3) is 0 Å². The molecule has 2 saturated carbocycles. The van der Waals surface area contributed by atoms with Crippen molar-refractivity contribution in [2.24, 2.45) is 11.7 Å². The van der Waals surface area contributed by atoms with Crippen molar-refractivity contribution in [3.63, 3.8) is 0 Å². The third-order valence-electron chi connectivity index (χ3n) is 5.67. The van der Waals surface area contributed by atoms with Crippen LogP contribution in [0.3, 0.4) is 0 Å². The molecule has 120 valence electrons. The van der Waals surface area contributed by atoms with E-state index in [1.54, 1.807) is 6.33 Å². The number of anilines is 1. The first-order valence-electron chi connectivity index (χ1n) is 8.50. The first kappa shape index (κ1) is 14.4. The van der Waals surface area contributed by atoms with Crippen molar-refractivity contribution in [2.75, 3.05) is 18.5 Å². The first-order valence-corrected chi connectivity index (χ1v) is 8.50. The Balaban J connectivity index is 1.42. The fourth-order valence-electron chi connectivity index (χ4n) is 4.24. The Labute approximate surface area is 131 Å². The van der Waals surface area contributed by atoms with Gasteiger partial charge in [-0.25, -0.2) is 9.97 Å². The molecule has 1 saturated heterocycles. The van der Waals surface area contributed by atoms with Gasteiger partial charge in [-0.05, 0) is 31.6 Å². The van der Waals surface area contributed by atoms with E-state index in [0.29, 0.717) is 24.0 Å². The maximum Gasteiger partial charge on any atom is 0.131 e. The van der Waals surface area contributed by atoms with Gasteiger partial charge in [0.2, 0.25) is 0 Å². The van der Waals surface area contributed by atoms with Crippen LogP contribution in [0.1, 0.15) is 43.7 Å². The van der Waals surface area contributed by atoms with Crippen LogP contribution in [0, 0.1) is 5.92 Å². The van der Waals surface area contributed by atoms with E-state index < -0.39 is 0 Å². The fraction of sp³-hybridized carbons (Fsp3) is 0.750. The number of hydrazine groups is 1. The molecule has 0 radical (unpaired) electrons. The maximum absolute atomic E-state index is 5.89. The highest BCUT2D eigenvalue weighted by molar-refractivity contribution is 5.39. The Morgan fingerprint density at radius 2 is 2.14 bits per heavy atom. The van der Waals surface area contributed by atoms with Crippen molar-refractivity contribution in [3.05, 3.63) is 18.1 Å². The number of nitrogens with zero attached hydrogens (tertiary/aromatic N) is 3. The topological polar surface area (TPSA) is 79.1 Å². The molecule has 3 atom stereocenters. The number of likely N-dealkylation sites (N-methyl/N-ethyl adjacent to an activating group) is 1. The molecular formula is C16H26N6. The first-order chi connectivity index (χ1) is 10.7. The number of hydrogen-bond donors (Lipinski definition) is 3.